The molecule has 0 radical (unpaired) electrons. The topological polar surface area (TPSA) is 63.1 Å². The van der Waals surface area contributed by atoms with Crippen LogP contribution in [0, 0.1) is 6.92 Å². The number of nitrogens with one attached hydrogen (secondary N) is 2. The standard InChI is InChI=1S/C22H25F2N3O3/c1-16-6-2-3-7-17(16)15-26-10-12-27(13-11-26)20(28)14-25-21(29)18-8-4-5-9-19(18)30-22(23)24/h2-9,22H,10-15H2,1H3,(H,25,29)/p+1. The zero-order valence-electron chi connectivity index (χ0n) is 16.9. The van der Waals surface area contributed by atoms with Gasteiger partial charge in [-0.2, -0.15) is 8.78 Å². The second kappa shape index (κ2) is 10.2. The average molecular weight is 418 g/mol. The summed E-state index contributed by atoms with van der Waals surface area (Å²) in [5, 5.41) is 2.51. The summed E-state index contributed by atoms with van der Waals surface area (Å²) < 4.78 is 29.4. The molecule has 2 amide bonds. The molecule has 6 nitrogen and oxygen atoms in total. The Balaban J connectivity index is 1.47. The van der Waals surface area contributed by atoms with Gasteiger partial charge < -0.3 is 19.9 Å². The van der Waals surface area contributed by atoms with E-state index in [1.54, 1.807) is 11.0 Å². The molecular weight excluding hydrogens is 392 g/mol. The first kappa shape index (κ1) is 21.7. The lowest BCUT2D eigenvalue weighted by atomic mass is 10.1. The first-order chi connectivity index (χ1) is 14.4. The van der Waals surface area contributed by atoms with Gasteiger partial charge in [0.15, 0.2) is 0 Å². The van der Waals surface area contributed by atoms with Gasteiger partial charge in [0, 0.05) is 5.56 Å². The fraction of sp³-hybridized carbons (Fsp3) is 0.364. The predicted octanol–water partition coefficient (Wildman–Crippen LogP) is 1.25. The van der Waals surface area contributed by atoms with Gasteiger partial charge >= 0.3 is 6.61 Å². The Kier molecular flexibility index (Phi) is 7.35. The van der Waals surface area contributed by atoms with E-state index in [4.69, 9.17) is 0 Å². The van der Waals surface area contributed by atoms with E-state index in [9.17, 15) is 18.4 Å². The number of ether oxygens (including phenoxy) is 1. The van der Waals surface area contributed by atoms with E-state index in [-0.39, 0.29) is 23.8 Å². The third kappa shape index (κ3) is 5.76. The number of carbonyl (C=O) groups is 2. The van der Waals surface area contributed by atoms with E-state index < -0.39 is 12.5 Å². The van der Waals surface area contributed by atoms with Crippen LogP contribution in [0.4, 0.5) is 8.78 Å². The third-order valence-electron chi connectivity index (χ3n) is 5.27. The number of hydrogen-bond donors (Lipinski definition) is 2. The van der Waals surface area contributed by atoms with Gasteiger partial charge in [-0.3, -0.25) is 9.59 Å². The van der Waals surface area contributed by atoms with Crippen molar-refractivity contribution in [2.24, 2.45) is 0 Å². The highest BCUT2D eigenvalue weighted by Gasteiger charge is 2.24. The molecule has 160 valence electrons. The van der Waals surface area contributed by atoms with Gasteiger partial charge in [-0.15, -0.1) is 0 Å². The second-order valence-electron chi connectivity index (χ2n) is 7.29. The van der Waals surface area contributed by atoms with Gasteiger partial charge in [0.25, 0.3) is 5.91 Å². The quantitative estimate of drug-likeness (QED) is 0.712. The zero-order chi connectivity index (χ0) is 21.5. The van der Waals surface area contributed by atoms with Crippen molar-refractivity contribution in [3.63, 3.8) is 0 Å². The molecule has 1 heterocycles. The summed E-state index contributed by atoms with van der Waals surface area (Å²) in [5.74, 6) is -1.03. The highest BCUT2D eigenvalue weighted by Crippen LogP contribution is 2.20. The van der Waals surface area contributed by atoms with E-state index >= 15 is 0 Å². The van der Waals surface area contributed by atoms with Crippen LogP contribution in [-0.2, 0) is 11.3 Å². The molecule has 2 aromatic carbocycles. The van der Waals surface area contributed by atoms with Crippen LogP contribution in [0.2, 0.25) is 0 Å². The van der Waals surface area contributed by atoms with Crippen LogP contribution in [0.5, 0.6) is 5.75 Å². The van der Waals surface area contributed by atoms with Crippen molar-refractivity contribution in [3.05, 3.63) is 65.2 Å². The molecule has 0 spiro atoms. The van der Waals surface area contributed by atoms with Crippen molar-refractivity contribution >= 4 is 11.8 Å². The number of rotatable bonds is 7. The van der Waals surface area contributed by atoms with Crippen LogP contribution in [0.15, 0.2) is 48.5 Å². The lowest BCUT2D eigenvalue weighted by Gasteiger charge is -2.32. The first-order valence-electron chi connectivity index (χ1n) is 9.92. The Morgan fingerprint density at radius 3 is 2.47 bits per heavy atom. The van der Waals surface area contributed by atoms with E-state index in [2.05, 4.69) is 29.1 Å². The van der Waals surface area contributed by atoms with Crippen molar-refractivity contribution in [2.75, 3.05) is 32.7 Å². The van der Waals surface area contributed by atoms with E-state index in [1.165, 1.54) is 34.2 Å². The van der Waals surface area contributed by atoms with Gasteiger partial charge in [0.05, 0.1) is 38.3 Å². The number of para-hydroxylation sites is 1. The van der Waals surface area contributed by atoms with E-state index in [0.29, 0.717) is 13.1 Å². The molecule has 0 unspecified atom stereocenters. The van der Waals surface area contributed by atoms with Gasteiger partial charge in [0.2, 0.25) is 5.91 Å². The van der Waals surface area contributed by atoms with Gasteiger partial charge in [-0.1, -0.05) is 36.4 Å². The van der Waals surface area contributed by atoms with Crippen LogP contribution < -0.4 is 15.0 Å². The summed E-state index contributed by atoms with van der Waals surface area (Å²) in [6.45, 7) is 2.70. The average Bonchev–Trinajstić information content (AvgIpc) is 2.74. The van der Waals surface area contributed by atoms with Crippen molar-refractivity contribution in [1.82, 2.24) is 10.2 Å². The number of aryl methyl sites for hydroxylation is 1. The smallest absolute Gasteiger partial charge is 0.387 e. The lowest BCUT2D eigenvalue weighted by Crippen LogP contribution is -3.13. The van der Waals surface area contributed by atoms with Crippen LogP contribution >= 0.6 is 0 Å². The van der Waals surface area contributed by atoms with E-state index in [1.807, 2.05) is 12.1 Å². The molecule has 1 aliphatic rings. The van der Waals surface area contributed by atoms with Gasteiger partial charge in [-0.25, -0.2) is 0 Å². The number of quaternary nitrogens is 1. The number of carbonyl (C=O) groups excluding carboxylic acids is 2. The summed E-state index contributed by atoms with van der Waals surface area (Å²) in [6.07, 6.45) is 0. The van der Waals surface area contributed by atoms with Crippen molar-refractivity contribution in [1.29, 1.82) is 0 Å². The van der Waals surface area contributed by atoms with Crippen molar-refractivity contribution < 1.29 is 28.0 Å². The number of nitrogens with zero attached hydrogens (tertiary/aromatic N) is 1. The Bertz CT molecular complexity index is 883. The Labute approximate surface area is 174 Å². The highest BCUT2D eigenvalue weighted by atomic mass is 19.3. The molecule has 8 heteroatoms. The SMILES string of the molecule is Cc1ccccc1C[NH+]1CCN(C(=O)CNC(=O)c2ccccc2OC(F)F)CC1. The molecule has 0 aliphatic carbocycles. The van der Waals surface area contributed by atoms with Gasteiger partial charge in [0.1, 0.15) is 12.3 Å². The molecule has 1 aliphatic heterocycles. The second-order valence-corrected chi connectivity index (χ2v) is 7.29. The van der Waals surface area contributed by atoms with Crippen molar-refractivity contribution in [3.8, 4) is 5.75 Å². The normalized spacial score (nSPS) is 14.6. The lowest BCUT2D eigenvalue weighted by molar-refractivity contribution is -0.917. The zero-order valence-corrected chi connectivity index (χ0v) is 16.9. The minimum absolute atomic E-state index is 0.0295. The number of amides is 2. The summed E-state index contributed by atoms with van der Waals surface area (Å²) in [7, 11) is 0. The van der Waals surface area contributed by atoms with Crippen LogP contribution in [0.1, 0.15) is 21.5 Å². The van der Waals surface area contributed by atoms with Gasteiger partial charge in [-0.05, 0) is 24.6 Å². The minimum Gasteiger partial charge on any atom is -0.434 e. The Hall–Kier alpha value is -3.00. The molecule has 0 saturated carbocycles. The monoisotopic (exact) mass is 418 g/mol. The van der Waals surface area contributed by atoms with E-state index in [0.717, 1.165) is 19.6 Å². The largest absolute Gasteiger partial charge is 0.434 e. The summed E-state index contributed by atoms with van der Waals surface area (Å²) >= 11 is 0. The molecule has 0 aromatic heterocycles. The molecule has 2 aromatic rings. The van der Waals surface area contributed by atoms with Crippen LogP contribution in [0.25, 0.3) is 0 Å². The molecule has 0 bridgehead atoms. The first-order valence-corrected chi connectivity index (χ1v) is 9.92. The third-order valence-corrected chi connectivity index (χ3v) is 5.27. The summed E-state index contributed by atoms with van der Waals surface area (Å²) in [6, 6.07) is 14.0. The highest BCUT2D eigenvalue weighted by molar-refractivity contribution is 5.98. The molecule has 3 rings (SSSR count). The maximum absolute atomic E-state index is 12.5. The van der Waals surface area contributed by atoms with Crippen LogP contribution in [-0.4, -0.2) is 56.0 Å². The molecule has 30 heavy (non-hydrogen) atoms. The fourth-order valence-electron chi connectivity index (χ4n) is 3.54. The fourth-order valence-corrected chi connectivity index (χ4v) is 3.54. The molecular formula is C22H26F2N3O3+. The number of benzene rings is 2. The minimum atomic E-state index is -3.03. The number of hydrogen-bond acceptors (Lipinski definition) is 3. The van der Waals surface area contributed by atoms with Crippen LogP contribution in [0.3, 0.4) is 0 Å². The maximum atomic E-state index is 12.5. The maximum Gasteiger partial charge on any atom is 0.387 e. The summed E-state index contributed by atoms with van der Waals surface area (Å²) in [5.41, 5.74) is 2.55. The molecule has 2 N–H and O–H groups in total. The Morgan fingerprint density at radius 1 is 1.10 bits per heavy atom. The molecule has 0 atom stereocenters. The summed E-state index contributed by atoms with van der Waals surface area (Å²) in [4.78, 5) is 27.9. The predicted molar refractivity (Wildman–Crippen MR) is 108 cm³/mol. The molecule has 1 saturated heterocycles. The Morgan fingerprint density at radius 2 is 1.77 bits per heavy atom. The number of piperazine rings is 1. The number of alkyl halides is 2. The van der Waals surface area contributed by atoms with Crippen molar-refractivity contribution in [2.45, 2.75) is 20.1 Å². The molecule has 1 fully saturated rings. The number of halogens is 2.